The largest absolute Gasteiger partial charge is 0.462 e. The predicted molar refractivity (Wildman–Crippen MR) is 293 cm³/mol. The molecule has 0 fully saturated rings. The molecule has 0 aliphatic carbocycles. The molecule has 0 bridgehead atoms. The van der Waals surface area contributed by atoms with Crippen LogP contribution in [0.5, 0.6) is 0 Å². The Morgan fingerprint density at radius 3 is 1.01 bits per heavy atom. The minimum Gasteiger partial charge on any atom is -0.462 e. The second kappa shape index (κ2) is 56.4. The zero-order valence-corrected chi connectivity index (χ0v) is 44.9. The molecule has 0 aliphatic rings. The Kier molecular flexibility index (Phi) is 53.8. The van der Waals surface area contributed by atoms with Crippen molar-refractivity contribution >= 4 is 17.9 Å². The summed E-state index contributed by atoms with van der Waals surface area (Å²) in [7, 11) is 0. The molecule has 0 rings (SSSR count). The van der Waals surface area contributed by atoms with E-state index in [1.807, 2.05) is 6.08 Å². The maximum atomic E-state index is 12.9. The van der Waals surface area contributed by atoms with Gasteiger partial charge in [0, 0.05) is 12.8 Å². The lowest BCUT2D eigenvalue weighted by molar-refractivity contribution is -0.166. The normalized spacial score (nSPS) is 12.6. The van der Waals surface area contributed by atoms with Crippen LogP contribution < -0.4 is 0 Å². The van der Waals surface area contributed by atoms with Crippen molar-refractivity contribution in [2.75, 3.05) is 13.2 Å². The summed E-state index contributed by atoms with van der Waals surface area (Å²) in [6.45, 7) is 6.46. The molecule has 1 unspecified atom stereocenters. The van der Waals surface area contributed by atoms with Crippen LogP contribution in [0.4, 0.5) is 0 Å². The van der Waals surface area contributed by atoms with Crippen LogP contribution in [0.1, 0.15) is 284 Å². The molecule has 0 saturated heterocycles. The van der Waals surface area contributed by atoms with Crippen LogP contribution >= 0.6 is 0 Å². The van der Waals surface area contributed by atoms with Crippen LogP contribution in [0.2, 0.25) is 0 Å². The highest BCUT2D eigenvalue weighted by atomic mass is 16.6. The first-order valence-electron chi connectivity index (χ1n) is 28.9. The lowest BCUT2D eigenvalue weighted by Crippen LogP contribution is -2.30. The summed E-state index contributed by atoms with van der Waals surface area (Å²) in [5, 5.41) is 0. The van der Waals surface area contributed by atoms with Gasteiger partial charge < -0.3 is 14.2 Å². The van der Waals surface area contributed by atoms with E-state index in [1.54, 1.807) is 6.08 Å². The van der Waals surface area contributed by atoms with Gasteiger partial charge in [-0.2, -0.15) is 0 Å². The Bertz CT molecular complexity index is 1270. The summed E-state index contributed by atoms with van der Waals surface area (Å²) in [6, 6.07) is 0. The van der Waals surface area contributed by atoms with E-state index in [0.717, 1.165) is 70.6 Å². The molecular weight excluding hydrogens is 841 g/mol. The fourth-order valence-corrected chi connectivity index (χ4v) is 8.16. The third-order valence-electron chi connectivity index (χ3n) is 12.5. The monoisotopic (exact) mass is 949 g/mol. The Labute approximate surface area is 421 Å². The van der Waals surface area contributed by atoms with E-state index in [1.165, 1.54) is 173 Å². The fraction of sp³-hybridized carbons (Fsp3) is 0.758. The van der Waals surface area contributed by atoms with Gasteiger partial charge in [0.2, 0.25) is 0 Å². The molecule has 6 nitrogen and oxygen atoms in total. The van der Waals surface area contributed by atoms with Crippen molar-refractivity contribution in [3.05, 3.63) is 72.9 Å². The number of allylic oxidation sites excluding steroid dienone is 11. The zero-order chi connectivity index (χ0) is 49.3. The topological polar surface area (TPSA) is 78.9 Å². The molecular formula is C62H108O6. The predicted octanol–water partition coefficient (Wildman–Crippen LogP) is 19.4. The minimum absolute atomic E-state index is 0.105. The Morgan fingerprint density at radius 2 is 0.632 bits per heavy atom. The van der Waals surface area contributed by atoms with E-state index in [9.17, 15) is 14.4 Å². The smallest absolute Gasteiger partial charge is 0.309 e. The summed E-state index contributed by atoms with van der Waals surface area (Å²) in [5.74, 6) is -1.03. The van der Waals surface area contributed by atoms with Crippen molar-refractivity contribution in [2.24, 2.45) is 0 Å². The standard InChI is InChI=1S/C62H108O6/c1-4-7-10-13-16-19-22-25-28-30-32-34-37-40-43-46-49-52-55-61(64)67-58-59(57-66-60(63)54-51-48-45-42-39-36-33-27-24-21-18-15-12-9-6-3)68-62(65)56-53-50-47-44-41-38-35-31-29-26-23-20-17-14-11-8-5-2/h9,12,18,21,27-28,30,33,39,42,48,51,59H,4-8,10-11,13-17,19-20,22-26,29,31-32,34-38,40-41,43-47,49-50,52-58H2,1-3H3/b12-9-,21-18-,30-28-,33-27-,42-39-,51-48-. The maximum Gasteiger partial charge on any atom is 0.309 e. The van der Waals surface area contributed by atoms with Crippen LogP contribution in [-0.2, 0) is 28.6 Å². The highest BCUT2D eigenvalue weighted by molar-refractivity contribution is 5.72. The van der Waals surface area contributed by atoms with Gasteiger partial charge in [-0.05, 0) is 70.6 Å². The van der Waals surface area contributed by atoms with Gasteiger partial charge >= 0.3 is 17.9 Å². The second-order valence-electron chi connectivity index (χ2n) is 19.2. The molecule has 0 N–H and O–H groups in total. The number of ether oxygens (including phenoxy) is 3. The Hall–Kier alpha value is -3.15. The number of carbonyl (C=O) groups excluding carboxylic acids is 3. The van der Waals surface area contributed by atoms with Crippen molar-refractivity contribution < 1.29 is 28.6 Å². The molecule has 0 aromatic heterocycles. The van der Waals surface area contributed by atoms with E-state index in [-0.39, 0.29) is 31.6 Å². The highest BCUT2D eigenvalue weighted by Crippen LogP contribution is 2.16. The van der Waals surface area contributed by atoms with E-state index < -0.39 is 12.1 Å². The lowest BCUT2D eigenvalue weighted by Gasteiger charge is -2.18. The van der Waals surface area contributed by atoms with Gasteiger partial charge in [0.15, 0.2) is 6.10 Å². The van der Waals surface area contributed by atoms with Crippen molar-refractivity contribution in [1.29, 1.82) is 0 Å². The van der Waals surface area contributed by atoms with E-state index >= 15 is 0 Å². The first-order chi connectivity index (χ1) is 33.5. The molecule has 0 aliphatic heterocycles. The molecule has 0 saturated carbocycles. The first-order valence-corrected chi connectivity index (χ1v) is 28.9. The first kappa shape index (κ1) is 64.8. The SMILES string of the molecule is CC/C=C\C/C=C\C/C=C\C/C=C\C/C=C\CC(=O)OCC(COC(=O)CCCCCCCCC/C=C\CCCCCCCCC)OC(=O)CCCCCCCCCCCCCCCCCCC. The molecule has 0 spiro atoms. The maximum absolute atomic E-state index is 12.9. The third-order valence-corrected chi connectivity index (χ3v) is 12.5. The number of rotatable bonds is 52. The van der Waals surface area contributed by atoms with Crippen LogP contribution in [0.3, 0.4) is 0 Å². The summed E-state index contributed by atoms with van der Waals surface area (Å²) >= 11 is 0. The van der Waals surface area contributed by atoms with Crippen molar-refractivity contribution in [2.45, 2.75) is 290 Å². The van der Waals surface area contributed by atoms with Gasteiger partial charge in [0.1, 0.15) is 13.2 Å². The van der Waals surface area contributed by atoms with Gasteiger partial charge in [-0.3, -0.25) is 14.4 Å². The van der Waals surface area contributed by atoms with Crippen LogP contribution in [0.15, 0.2) is 72.9 Å². The highest BCUT2D eigenvalue weighted by Gasteiger charge is 2.19. The second-order valence-corrected chi connectivity index (χ2v) is 19.2. The van der Waals surface area contributed by atoms with E-state index in [0.29, 0.717) is 12.8 Å². The van der Waals surface area contributed by atoms with Gasteiger partial charge in [-0.25, -0.2) is 0 Å². The molecule has 392 valence electrons. The average Bonchev–Trinajstić information content (AvgIpc) is 3.34. The number of unbranched alkanes of at least 4 members (excludes halogenated alkanes) is 30. The summed E-state index contributed by atoms with van der Waals surface area (Å²) in [4.78, 5) is 38.1. The molecule has 0 aromatic carbocycles. The van der Waals surface area contributed by atoms with Crippen LogP contribution in [0.25, 0.3) is 0 Å². The zero-order valence-electron chi connectivity index (χ0n) is 44.9. The van der Waals surface area contributed by atoms with Gasteiger partial charge in [0.25, 0.3) is 0 Å². The molecule has 0 heterocycles. The quantitative estimate of drug-likeness (QED) is 0.0262. The number of hydrogen-bond donors (Lipinski definition) is 0. The third kappa shape index (κ3) is 53.8. The van der Waals surface area contributed by atoms with Gasteiger partial charge in [0.05, 0.1) is 6.42 Å². The van der Waals surface area contributed by atoms with Gasteiger partial charge in [-0.15, -0.1) is 0 Å². The molecule has 1 atom stereocenters. The average molecular weight is 950 g/mol. The number of esters is 3. The minimum atomic E-state index is -0.815. The molecule has 6 heteroatoms. The molecule has 0 radical (unpaired) electrons. The number of hydrogen-bond acceptors (Lipinski definition) is 6. The molecule has 0 aromatic rings. The van der Waals surface area contributed by atoms with Crippen molar-refractivity contribution in [3.63, 3.8) is 0 Å². The Balaban J connectivity index is 4.45. The van der Waals surface area contributed by atoms with Crippen molar-refractivity contribution in [1.82, 2.24) is 0 Å². The van der Waals surface area contributed by atoms with Gasteiger partial charge in [-0.1, -0.05) is 267 Å². The van der Waals surface area contributed by atoms with Crippen molar-refractivity contribution in [3.8, 4) is 0 Å². The Morgan fingerprint density at radius 1 is 0.324 bits per heavy atom. The number of carbonyl (C=O) groups is 3. The summed E-state index contributed by atoms with van der Waals surface area (Å²) in [5.41, 5.74) is 0. The van der Waals surface area contributed by atoms with Crippen LogP contribution in [-0.4, -0.2) is 37.2 Å². The molecule has 0 amide bonds. The van der Waals surface area contributed by atoms with Crippen LogP contribution in [0, 0.1) is 0 Å². The lowest BCUT2D eigenvalue weighted by atomic mass is 10.0. The fourth-order valence-electron chi connectivity index (χ4n) is 8.16. The van der Waals surface area contributed by atoms with E-state index in [2.05, 4.69) is 81.5 Å². The van der Waals surface area contributed by atoms with E-state index in [4.69, 9.17) is 14.2 Å². The summed E-state index contributed by atoms with van der Waals surface area (Å²) < 4.78 is 16.8. The summed E-state index contributed by atoms with van der Waals surface area (Å²) in [6.07, 6.45) is 72.0. The molecule has 68 heavy (non-hydrogen) atoms.